The van der Waals surface area contributed by atoms with Crippen LogP contribution in [0.5, 0.6) is 0 Å². The molecule has 0 atom stereocenters. The minimum absolute atomic E-state index is 0.817. The molecule has 1 heterocycles. The molecule has 0 radical (unpaired) electrons. The quantitative estimate of drug-likeness (QED) is 0.511. The van der Waals surface area contributed by atoms with E-state index >= 15 is 0 Å². The van der Waals surface area contributed by atoms with Gasteiger partial charge in [-0.3, -0.25) is 4.79 Å². The fourth-order valence-corrected chi connectivity index (χ4v) is 3.62. The first-order valence-corrected chi connectivity index (χ1v) is 6.52. The molecule has 0 unspecified atom stereocenters. The minimum atomic E-state index is 0.817. The van der Waals surface area contributed by atoms with Crippen LogP contribution in [0.25, 0.3) is 10.1 Å². The number of carbonyl (C=O) groups is 1. The number of hydrogen-bond donors (Lipinski definition) is 0. The Balaban J connectivity index is 2.90. The predicted molar refractivity (Wildman–Crippen MR) is 72.6 cm³/mol. The summed E-state index contributed by atoms with van der Waals surface area (Å²) < 4.78 is 3.43. The fraction of sp³-hybridized carbons (Fsp3) is 0. The maximum absolute atomic E-state index is 10.8. The Morgan fingerprint density at radius 3 is 2.77 bits per heavy atom. The molecule has 0 aliphatic heterocycles. The highest BCUT2D eigenvalue weighted by Gasteiger charge is 2.07. The van der Waals surface area contributed by atoms with Gasteiger partial charge in [-0.2, -0.15) is 0 Å². The van der Waals surface area contributed by atoms with Crippen LogP contribution in [0.3, 0.4) is 0 Å². The van der Waals surface area contributed by atoms with Crippen molar-refractivity contribution in [3.05, 3.63) is 30.2 Å². The van der Waals surface area contributed by atoms with Gasteiger partial charge in [0.25, 0.3) is 0 Å². The molecule has 2 aromatic rings. The van der Waals surface area contributed by atoms with Gasteiger partial charge in [-0.15, -0.1) is 11.3 Å². The lowest BCUT2D eigenvalue weighted by Crippen LogP contribution is -1.84. The first kappa shape index (κ1) is 9.85. The Labute approximate surface area is 107 Å². The van der Waals surface area contributed by atoms with E-state index in [-0.39, 0.29) is 0 Å². The minimum Gasteiger partial charge on any atom is -0.298 e. The second-order valence-electron chi connectivity index (χ2n) is 2.54. The number of aldehydes is 1. The van der Waals surface area contributed by atoms with Gasteiger partial charge >= 0.3 is 0 Å². The molecule has 1 nitrogen and oxygen atoms in total. The zero-order chi connectivity index (χ0) is 9.42. The number of carbonyl (C=O) groups excluding carboxylic acids is 1. The van der Waals surface area contributed by atoms with Crippen molar-refractivity contribution in [3.63, 3.8) is 0 Å². The Morgan fingerprint density at radius 1 is 1.31 bits per heavy atom. The molecule has 4 heteroatoms. The molecule has 0 saturated carbocycles. The van der Waals surface area contributed by atoms with E-state index in [0.717, 1.165) is 20.8 Å². The second-order valence-corrected chi connectivity index (χ2v) is 6.68. The lowest BCUT2D eigenvalue weighted by molar-refractivity contribution is 0.112. The van der Waals surface area contributed by atoms with Crippen LogP contribution in [-0.2, 0) is 0 Å². The Hall–Kier alpha value is 0.310. The summed E-state index contributed by atoms with van der Waals surface area (Å²) in [4.78, 5) is 10.8. The topological polar surface area (TPSA) is 17.1 Å². The third-order valence-electron chi connectivity index (χ3n) is 1.78. The van der Waals surface area contributed by atoms with Crippen LogP contribution in [0, 0.1) is 6.45 Å². The van der Waals surface area contributed by atoms with E-state index in [2.05, 4.69) is 57.3 Å². The number of benzene rings is 1. The van der Waals surface area contributed by atoms with Gasteiger partial charge in [0.15, 0.2) is 6.29 Å². The summed E-state index contributed by atoms with van der Waals surface area (Å²) in [6.07, 6.45) is 0.937. The van der Waals surface area contributed by atoms with Crippen LogP contribution in [-0.4, -0.2) is 6.29 Å². The van der Waals surface area contributed by atoms with Crippen LogP contribution in [0.1, 0.15) is 10.4 Å². The largest absolute Gasteiger partial charge is 0.298 e. The highest BCUT2D eigenvalue weighted by atomic mass is 127. The van der Waals surface area contributed by atoms with Crippen molar-refractivity contribution in [1.82, 2.24) is 0 Å². The van der Waals surface area contributed by atoms with Gasteiger partial charge in [0, 0.05) is 19.2 Å². The van der Waals surface area contributed by atoms with Crippen LogP contribution >= 0.6 is 56.5 Å². The zero-order valence-corrected chi connectivity index (χ0v) is 11.5. The first-order chi connectivity index (χ1) is 6.22. The zero-order valence-electron chi connectivity index (χ0n) is 6.38. The standard InChI is InChI=1S/C9H4I2OS/c10-7-1-2-8-5(6(7)4-12)3-9(11)13-8/h1-4H. The van der Waals surface area contributed by atoms with Crippen LogP contribution in [0.4, 0.5) is 0 Å². The number of halogens is 2. The van der Waals surface area contributed by atoms with Crippen molar-refractivity contribution in [1.29, 1.82) is 0 Å². The van der Waals surface area contributed by atoms with Crippen LogP contribution in [0.2, 0.25) is 0 Å². The molecule has 0 fully saturated rings. The molecule has 0 saturated heterocycles. The summed E-state index contributed by atoms with van der Waals surface area (Å²) in [5, 5.41) is 1.08. The Morgan fingerprint density at radius 2 is 2.08 bits per heavy atom. The molecule has 13 heavy (non-hydrogen) atoms. The second kappa shape index (κ2) is 3.82. The predicted octanol–water partition coefficient (Wildman–Crippen LogP) is 3.92. The summed E-state index contributed by atoms with van der Waals surface area (Å²) in [7, 11) is 0. The number of thiophene rings is 1. The van der Waals surface area contributed by atoms with Crippen molar-refractivity contribution in [2.45, 2.75) is 0 Å². The summed E-state index contributed by atoms with van der Waals surface area (Å²) >= 11 is 6.18. The molecule has 0 N–H and O–H groups in total. The molecule has 1 aromatic carbocycles. The lowest BCUT2D eigenvalue weighted by Gasteiger charge is -1.96. The molecule has 0 amide bonds. The smallest absolute Gasteiger partial charge is 0.151 e. The van der Waals surface area contributed by atoms with E-state index in [1.54, 1.807) is 11.3 Å². The molecular formula is C9H4I2OS. The van der Waals surface area contributed by atoms with Crippen molar-refractivity contribution >= 4 is 72.9 Å². The van der Waals surface area contributed by atoms with Crippen LogP contribution < -0.4 is 0 Å². The van der Waals surface area contributed by atoms with Gasteiger partial charge in [-0.1, -0.05) is 0 Å². The average molecular weight is 414 g/mol. The SMILES string of the molecule is O=Cc1c(I)ccc2sc(I)cc12. The Bertz CT molecular complexity index is 476. The Kier molecular flexibility index (Phi) is 2.89. The summed E-state index contributed by atoms with van der Waals surface area (Å²) in [6.45, 7) is 0. The number of rotatable bonds is 1. The molecule has 0 aliphatic carbocycles. The number of hydrogen-bond acceptors (Lipinski definition) is 2. The maximum atomic E-state index is 10.8. The van der Waals surface area contributed by atoms with Gasteiger partial charge < -0.3 is 0 Å². The van der Waals surface area contributed by atoms with E-state index < -0.39 is 0 Å². The molecule has 2 rings (SSSR count). The normalized spacial score (nSPS) is 10.6. The molecule has 1 aromatic heterocycles. The van der Waals surface area contributed by atoms with Crippen molar-refractivity contribution in [2.75, 3.05) is 0 Å². The van der Waals surface area contributed by atoms with E-state index in [9.17, 15) is 4.79 Å². The third kappa shape index (κ3) is 1.75. The molecule has 0 aliphatic rings. The molecule has 66 valence electrons. The van der Waals surface area contributed by atoms with E-state index in [1.807, 2.05) is 6.07 Å². The van der Waals surface area contributed by atoms with E-state index in [1.165, 1.54) is 7.58 Å². The van der Waals surface area contributed by atoms with E-state index in [4.69, 9.17) is 0 Å². The number of fused-ring (bicyclic) bond motifs is 1. The molecular weight excluding hydrogens is 410 g/mol. The summed E-state index contributed by atoms with van der Waals surface area (Å²) in [6, 6.07) is 6.11. The third-order valence-corrected chi connectivity index (χ3v) is 4.58. The highest BCUT2D eigenvalue weighted by molar-refractivity contribution is 14.1. The fourth-order valence-electron chi connectivity index (χ4n) is 1.20. The van der Waals surface area contributed by atoms with E-state index in [0.29, 0.717) is 0 Å². The van der Waals surface area contributed by atoms with Crippen molar-refractivity contribution in [2.24, 2.45) is 0 Å². The highest BCUT2D eigenvalue weighted by Crippen LogP contribution is 2.30. The molecule has 0 spiro atoms. The van der Waals surface area contributed by atoms with Crippen molar-refractivity contribution < 1.29 is 4.79 Å². The lowest BCUT2D eigenvalue weighted by atomic mass is 10.1. The van der Waals surface area contributed by atoms with Crippen LogP contribution in [0.15, 0.2) is 18.2 Å². The van der Waals surface area contributed by atoms with Gasteiger partial charge in [0.2, 0.25) is 0 Å². The van der Waals surface area contributed by atoms with Crippen molar-refractivity contribution in [3.8, 4) is 0 Å². The summed E-state index contributed by atoms with van der Waals surface area (Å²) in [5.41, 5.74) is 0.817. The molecule has 0 bridgehead atoms. The van der Waals surface area contributed by atoms with Gasteiger partial charge in [0.05, 0.1) is 2.88 Å². The average Bonchev–Trinajstić information content (AvgIpc) is 2.45. The summed E-state index contributed by atoms with van der Waals surface area (Å²) in [5.74, 6) is 0. The monoisotopic (exact) mass is 414 g/mol. The maximum Gasteiger partial charge on any atom is 0.151 e. The first-order valence-electron chi connectivity index (χ1n) is 3.55. The van der Waals surface area contributed by atoms with Gasteiger partial charge in [-0.05, 0) is 63.4 Å². The van der Waals surface area contributed by atoms with Gasteiger partial charge in [-0.25, -0.2) is 0 Å². The van der Waals surface area contributed by atoms with Gasteiger partial charge in [0.1, 0.15) is 0 Å².